The third kappa shape index (κ3) is 7.21. The summed E-state index contributed by atoms with van der Waals surface area (Å²) >= 11 is 0. The number of amides is 4. The molecular weight excluding hydrogens is 498 g/mol. The van der Waals surface area contributed by atoms with E-state index in [1.807, 2.05) is 44.2 Å². The van der Waals surface area contributed by atoms with E-state index in [2.05, 4.69) is 26.0 Å². The van der Waals surface area contributed by atoms with Gasteiger partial charge in [0.05, 0.1) is 12.6 Å². The van der Waals surface area contributed by atoms with Gasteiger partial charge in [0.25, 0.3) is 0 Å². The van der Waals surface area contributed by atoms with Crippen molar-refractivity contribution in [2.45, 2.75) is 84.0 Å². The number of carbonyl (C=O) groups excluding carboxylic acids is 4. The van der Waals surface area contributed by atoms with Crippen LogP contribution in [0, 0.1) is 12.8 Å². The van der Waals surface area contributed by atoms with Gasteiger partial charge in [0.15, 0.2) is 0 Å². The number of hydrogen-bond acceptors (Lipinski definition) is 6. The summed E-state index contributed by atoms with van der Waals surface area (Å²) in [5.41, 5.74) is 1.02. The molecule has 1 aromatic heterocycles. The average Bonchev–Trinajstić information content (AvgIpc) is 3.53. The lowest BCUT2D eigenvalue weighted by atomic mass is 9.97. The zero-order valence-electron chi connectivity index (χ0n) is 23.0. The minimum atomic E-state index is -0.701. The maximum absolute atomic E-state index is 13.6. The SMILES string of the molecule is CC[C@H](C)[C@@H]1NC(=O)CCCN(C(=O)[C@@H]2CCC(=O)N2)CCn2nc(C)nc2[C@H](Cc2ccccc2)NC1=O. The van der Waals surface area contributed by atoms with E-state index < -0.39 is 18.1 Å². The van der Waals surface area contributed by atoms with Gasteiger partial charge in [-0.1, -0.05) is 50.6 Å². The lowest BCUT2D eigenvalue weighted by Crippen LogP contribution is -2.52. The Labute approximate surface area is 229 Å². The maximum Gasteiger partial charge on any atom is 0.245 e. The third-order valence-electron chi connectivity index (χ3n) is 7.55. The minimum absolute atomic E-state index is 0.0807. The molecule has 1 aromatic carbocycles. The first-order valence-corrected chi connectivity index (χ1v) is 13.9. The molecule has 0 unspecified atom stereocenters. The Balaban J connectivity index is 1.67. The molecule has 1 saturated heterocycles. The number of rotatable bonds is 5. The number of fused-ring (bicyclic) bond motifs is 1. The van der Waals surface area contributed by atoms with E-state index in [-0.39, 0.29) is 36.0 Å². The smallest absolute Gasteiger partial charge is 0.245 e. The second-order valence-electron chi connectivity index (χ2n) is 10.5. The van der Waals surface area contributed by atoms with Crippen LogP contribution in [0.5, 0.6) is 0 Å². The molecule has 4 amide bonds. The first-order valence-electron chi connectivity index (χ1n) is 13.9. The minimum Gasteiger partial charge on any atom is -0.344 e. The van der Waals surface area contributed by atoms with Crippen LogP contribution in [-0.2, 0) is 32.1 Å². The summed E-state index contributed by atoms with van der Waals surface area (Å²) in [6.45, 7) is 6.80. The Morgan fingerprint density at radius 2 is 1.77 bits per heavy atom. The van der Waals surface area contributed by atoms with Crippen molar-refractivity contribution in [3.63, 3.8) is 0 Å². The number of carbonyl (C=O) groups is 4. The van der Waals surface area contributed by atoms with Gasteiger partial charge in [-0.15, -0.1) is 0 Å². The highest BCUT2D eigenvalue weighted by Crippen LogP contribution is 2.20. The summed E-state index contributed by atoms with van der Waals surface area (Å²) in [5.74, 6) is 0.317. The Morgan fingerprint density at radius 3 is 2.46 bits per heavy atom. The summed E-state index contributed by atoms with van der Waals surface area (Å²) < 4.78 is 1.76. The molecule has 11 heteroatoms. The quantitative estimate of drug-likeness (QED) is 0.527. The molecule has 0 saturated carbocycles. The van der Waals surface area contributed by atoms with Gasteiger partial charge in [-0.2, -0.15) is 5.10 Å². The Bertz CT molecular complexity index is 1180. The van der Waals surface area contributed by atoms with E-state index in [9.17, 15) is 19.2 Å². The van der Waals surface area contributed by atoms with Crippen LogP contribution in [0.25, 0.3) is 0 Å². The van der Waals surface area contributed by atoms with Gasteiger partial charge in [-0.3, -0.25) is 19.2 Å². The van der Waals surface area contributed by atoms with Crippen molar-refractivity contribution in [2.75, 3.05) is 13.1 Å². The van der Waals surface area contributed by atoms with Gasteiger partial charge in [-0.05, 0) is 37.7 Å². The molecule has 11 nitrogen and oxygen atoms in total. The van der Waals surface area contributed by atoms with E-state index in [0.29, 0.717) is 63.4 Å². The summed E-state index contributed by atoms with van der Waals surface area (Å²) in [5, 5.41) is 13.4. The van der Waals surface area contributed by atoms with Crippen LogP contribution in [-0.4, -0.2) is 68.5 Å². The normalized spacial score (nSPS) is 23.7. The Hall–Kier alpha value is -3.76. The van der Waals surface area contributed by atoms with Gasteiger partial charge >= 0.3 is 0 Å². The molecule has 0 spiro atoms. The predicted octanol–water partition coefficient (Wildman–Crippen LogP) is 1.42. The van der Waals surface area contributed by atoms with E-state index in [1.165, 1.54) is 0 Å². The number of hydrogen-bond donors (Lipinski definition) is 3. The van der Waals surface area contributed by atoms with E-state index >= 15 is 0 Å². The van der Waals surface area contributed by atoms with Crippen LogP contribution in [0.1, 0.15) is 69.2 Å². The summed E-state index contributed by atoms with van der Waals surface area (Å²) in [7, 11) is 0. The van der Waals surface area contributed by atoms with E-state index in [1.54, 1.807) is 16.5 Å². The summed E-state index contributed by atoms with van der Waals surface area (Å²) in [6, 6.07) is 8.08. The molecule has 2 aliphatic heterocycles. The number of nitrogens with one attached hydrogen (secondary N) is 3. The second kappa shape index (κ2) is 12.9. The fourth-order valence-corrected chi connectivity index (χ4v) is 5.16. The Morgan fingerprint density at radius 1 is 1.03 bits per heavy atom. The topological polar surface area (TPSA) is 138 Å². The molecule has 3 heterocycles. The fourth-order valence-electron chi connectivity index (χ4n) is 5.16. The van der Waals surface area contributed by atoms with E-state index in [0.717, 1.165) is 5.56 Å². The van der Waals surface area contributed by atoms with Gasteiger partial charge in [-0.25, -0.2) is 9.67 Å². The predicted molar refractivity (Wildman–Crippen MR) is 144 cm³/mol. The largest absolute Gasteiger partial charge is 0.344 e. The molecular formula is C28H39N7O4. The molecule has 0 radical (unpaired) electrons. The number of nitrogens with zero attached hydrogens (tertiary/aromatic N) is 4. The van der Waals surface area contributed by atoms with Crippen LogP contribution in [0.4, 0.5) is 0 Å². The van der Waals surface area contributed by atoms with Crippen LogP contribution in [0.2, 0.25) is 0 Å². The van der Waals surface area contributed by atoms with Gasteiger partial charge < -0.3 is 20.9 Å². The van der Waals surface area contributed by atoms with Crippen LogP contribution in [0.3, 0.4) is 0 Å². The standard InChI is InChI=1S/C28H39N7O4/c1-4-18(2)25-27(38)31-22(17-20-9-6-5-7-10-20)26-29-19(3)33-35(26)16-15-34(14-8-11-23(36)32-25)28(39)21-12-13-24(37)30-21/h5-7,9-10,18,21-22,25H,4,8,11-17H2,1-3H3,(H,30,37)(H,31,38)(H,32,36)/t18-,21-,22-,25-/m0/s1. The Kier molecular flexibility index (Phi) is 9.32. The molecule has 4 rings (SSSR count). The zero-order chi connectivity index (χ0) is 27.9. The molecule has 4 atom stereocenters. The first kappa shape index (κ1) is 28.3. The van der Waals surface area contributed by atoms with Gasteiger partial charge in [0.1, 0.15) is 23.7 Å². The lowest BCUT2D eigenvalue weighted by Gasteiger charge is -2.29. The zero-order valence-corrected chi connectivity index (χ0v) is 23.0. The third-order valence-corrected chi connectivity index (χ3v) is 7.55. The average molecular weight is 538 g/mol. The van der Waals surface area contributed by atoms with Crippen LogP contribution >= 0.6 is 0 Å². The van der Waals surface area contributed by atoms with Crippen molar-refractivity contribution in [3.05, 3.63) is 47.5 Å². The van der Waals surface area contributed by atoms with Gasteiger partial charge in [0.2, 0.25) is 23.6 Å². The highest BCUT2D eigenvalue weighted by molar-refractivity contribution is 5.91. The summed E-state index contributed by atoms with van der Waals surface area (Å²) in [6.07, 6.45) is 2.62. The highest BCUT2D eigenvalue weighted by Gasteiger charge is 2.33. The lowest BCUT2D eigenvalue weighted by molar-refractivity contribution is -0.135. The molecule has 1 fully saturated rings. The fraction of sp³-hybridized carbons (Fsp3) is 0.571. The van der Waals surface area contributed by atoms with Crippen LogP contribution in [0.15, 0.2) is 30.3 Å². The molecule has 2 aromatic rings. The number of benzene rings is 1. The van der Waals surface area contributed by atoms with Gasteiger partial charge in [0, 0.05) is 25.9 Å². The summed E-state index contributed by atoms with van der Waals surface area (Å²) in [4.78, 5) is 58.0. The highest BCUT2D eigenvalue weighted by atomic mass is 16.2. The van der Waals surface area contributed by atoms with Crippen molar-refractivity contribution >= 4 is 23.6 Å². The van der Waals surface area contributed by atoms with Crippen molar-refractivity contribution in [2.24, 2.45) is 5.92 Å². The number of aromatic nitrogens is 3. The maximum atomic E-state index is 13.6. The van der Waals surface area contributed by atoms with Crippen molar-refractivity contribution in [1.29, 1.82) is 0 Å². The first-order chi connectivity index (χ1) is 18.7. The molecule has 3 N–H and O–H groups in total. The van der Waals surface area contributed by atoms with Crippen molar-refractivity contribution in [1.82, 2.24) is 35.6 Å². The molecule has 2 aliphatic rings. The second-order valence-corrected chi connectivity index (χ2v) is 10.5. The molecule has 0 aliphatic carbocycles. The molecule has 39 heavy (non-hydrogen) atoms. The molecule has 0 bridgehead atoms. The number of aryl methyl sites for hydroxylation is 1. The molecule has 210 valence electrons. The van der Waals surface area contributed by atoms with E-state index in [4.69, 9.17) is 0 Å². The van der Waals surface area contributed by atoms with Crippen molar-refractivity contribution in [3.8, 4) is 0 Å². The van der Waals surface area contributed by atoms with Crippen LogP contribution < -0.4 is 16.0 Å². The monoisotopic (exact) mass is 537 g/mol. The van der Waals surface area contributed by atoms with Crippen molar-refractivity contribution < 1.29 is 19.2 Å².